The molecule has 0 aromatic heterocycles. The van der Waals surface area contributed by atoms with E-state index in [1.54, 1.807) is 0 Å². The third-order valence-electron chi connectivity index (χ3n) is 2.36. The van der Waals surface area contributed by atoms with E-state index in [2.05, 4.69) is 36.8 Å². The Labute approximate surface area is 110 Å². The summed E-state index contributed by atoms with van der Waals surface area (Å²) in [5, 5.41) is 1.22. The average Bonchev–Trinajstić information content (AvgIpc) is 2.31. The maximum absolute atomic E-state index is 5.36. The molecule has 90 valence electrons. The number of hydrogen-bond acceptors (Lipinski definition) is 2. The van der Waals surface area contributed by atoms with Gasteiger partial charge >= 0.3 is 90.1 Å². The van der Waals surface area contributed by atoms with Crippen molar-refractivity contribution in [2.24, 2.45) is 0 Å². The number of unbranched alkanes of at least 4 members (excludes halogenated alkanes) is 3. The molecule has 0 spiro atoms. The van der Waals surface area contributed by atoms with E-state index in [1.807, 2.05) is 0 Å². The van der Waals surface area contributed by atoms with Crippen molar-refractivity contribution in [3.8, 4) is 0 Å². The van der Waals surface area contributed by atoms with E-state index < -0.39 is 0 Å². The molecule has 0 N–H and O–H groups in total. The summed E-state index contributed by atoms with van der Waals surface area (Å²) >= 11 is 2.19. The molecule has 0 saturated carbocycles. The summed E-state index contributed by atoms with van der Waals surface area (Å²) in [4.78, 5) is 0. The third-order valence-corrected chi connectivity index (χ3v) is 2.36. The third kappa shape index (κ3) is 14.3. The van der Waals surface area contributed by atoms with E-state index >= 15 is 0 Å². The van der Waals surface area contributed by atoms with Crippen molar-refractivity contribution >= 4 is 17.7 Å². The molecule has 0 aliphatic carbocycles. The van der Waals surface area contributed by atoms with Crippen molar-refractivity contribution in [3.05, 3.63) is 12.2 Å². The zero-order chi connectivity index (χ0) is 11.9. The number of ether oxygens (including phenoxy) is 2. The fourth-order valence-corrected chi connectivity index (χ4v) is 1.36. The van der Waals surface area contributed by atoms with Gasteiger partial charge < -0.3 is 0 Å². The predicted octanol–water partition coefficient (Wildman–Crippen LogP) is 3.48. The van der Waals surface area contributed by atoms with Gasteiger partial charge in [0.2, 0.25) is 0 Å². The SMILES string of the molecule is [Li][CH2]C/C=C/CCOCOCCCCCC. The van der Waals surface area contributed by atoms with Crippen molar-refractivity contribution in [2.75, 3.05) is 20.0 Å². The second-order valence-corrected chi connectivity index (χ2v) is 4.04. The van der Waals surface area contributed by atoms with Gasteiger partial charge in [0.1, 0.15) is 0 Å². The van der Waals surface area contributed by atoms with Crippen LogP contribution in [0.15, 0.2) is 12.2 Å². The molecule has 3 heteroatoms. The Morgan fingerprint density at radius 1 is 0.938 bits per heavy atom. The smallest absolute Gasteiger partial charge is 0.0654 e. The van der Waals surface area contributed by atoms with Crippen molar-refractivity contribution < 1.29 is 9.47 Å². The molecule has 0 aromatic rings. The van der Waals surface area contributed by atoms with Crippen LogP contribution in [-0.2, 0) is 9.47 Å². The zero-order valence-corrected chi connectivity index (χ0v) is 11.0. The van der Waals surface area contributed by atoms with Gasteiger partial charge in [0.25, 0.3) is 0 Å². The van der Waals surface area contributed by atoms with E-state index in [9.17, 15) is 0 Å². The Morgan fingerprint density at radius 3 is 2.44 bits per heavy atom. The first-order chi connectivity index (χ1) is 7.91. The van der Waals surface area contributed by atoms with Gasteiger partial charge in [-0.2, -0.15) is 0 Å². The van der Waals surface area contributed by atoms with Crippen LogP contribution in [0.5, 0.6) is 0 Å². The summed E-state index contributed by atoms with van der Waals surface area (Å²) in [5.41, 5.74) is 0. The van der Waals surface area contributed by atoms with Crippen LogP contribution in [-0.4, -0.2) is 37.7 Å². The van der Waals surface area contributed by atoms with Gasteiger partial charge in [0.05, 0.1) is 0 Å². The normalized spacial score (nSPS) is 11.4. The fourth-order valence-electron chi connectivity index (χ4n) is 1.36. The Bertz CT molecular complexity index is 149. The summed E-state index contributed by atoms with van der Waals surface area (Å²) in [6.07, 6.45) is 11.6. The van der Waals surface area contributed by atoms with Gasteiger partial charge in [-0.15, -0.1) is 0 Å². The van der Waals surface area contributed by atoms with Crippen LogP contribution in [0.3, 0.4) is 0 Å². The first kappa shape index (κ1) is 16.3. The molecular weight excluding hydrogens is 195 g/mol. The topological polar surface area (TPSA) is 18.5 Å². The minimum atomic E-state index is 0.452. The predicted molar refractivity (Wildman–Crippen MR) is 69.8 cm³/mol. The molecule has 16 heavy (non-hydrogen) atoms. The number of rotatable bonds is 12. The standard InChI is InChI=1S/C13H25O2.Li/c1-3-5-7-9-11-14-13-15-12-10-8-6-4-2;/h5,7H,1,3-4,6,8-13H2,2H3;/b7-5+;. The Kier molecular flexibility index (Phi) is 15.5. The molecule has 0 fully saturated rings. The molecule has 0 aliphatic heterocycles. The molecule has 0 heterocycles. The van der Waals surface area contributed by atoms with Crippen LogP contribution in [0, 0.1) is 0 Å². The van der Waals surface area contributed by atoms with Crippen molar-refractivity contribution in [3.63, 3.8) is 0 Å². The molecular formula is C13H25LiO2. The molecule has 0 aliphatic rings. The second-order valence-electron chi connectivity index (χ2n) is 4.04. The molecule has 0 unspecified atom stereocenters. The van der Waals surface area contributed by atoms with Gasteiger partial charge in [-0.25, -0.2) is 0 Å². The summed E-state index contributed by atoms with van der Waals surface area (Å²) in [7, 11) is 0. The van der Waals surface area contributed by atoms with E-state index in [1.165, 1.54) is 30.8 Å². The molecule has 0 aromatic carbocycles. The van der Waals surface area contributed by atoms with Crippen LogP contribution >= 0.6 is 0 Å². The Hall–Kier alpha value is 0.257. The van der Waals surface area contributed by atoms with Crippen LogP contribution in [0.2, 0.25) is 5.09 Å². The van der Waals surface area contributed by atoms with Gasteiger partial charge in [-0.3, -0.25) is 0 Å². The van der Waals surface area contributed by atoms with E-state index in [4.69, 9.17) is 9.47 Å². The molecule has 0 rings (SSSR count). The van der Waals surface area contributed by atoms with Gasteiger partial charge in [0, 0.05) is 0 Å². The van der Waals surface area contributed by atoms with E-state index in [0.29, 0.717) is 6.79 Å². The molecule has 0 atom stereocenters. The molecule has 0 amide bonds. The summed E-state index contributed by atoms with van der Waals surface area (Å²) in [5.74, 6) is 0. The summed E-state index contributed by atoms with van der Waals surface area (Å²) in [6.45, 7) is 4.28. The molecule has 0 radical (unpaired) electrons. The van der Waals surface area contributed by atoms with Crippen LogP contribution in [0.1, 0.15) is 45.4 Å². The van der Waals surface area contributed by atoms with E-state index in [-0.39, 0.29) is 0 Å². The Morgan fingerprint density at radius 2 is 1.69 bits per heavy atom. The van der Waals surface area contributed by atoms with Gasteiger partial charge in [-0.1, -0.05) is 19.8 Å². The first-order valence-electron chi connectivity index (χ1n) is 6.72. The molecule has 0 saturated heterocycles. The van der Waals surface area contributed by atoms with Crippen LogP contribution < -0.4 is 0 Å². The van der Waals surface area contributed by atoms with Crippen molar-refractivity contribution in [2.45, 2.75) is 50.5 Å². The van der Waals surface area contributed by atoms with Gasteiger partial charge in [-0.05, 0) is 0 Å². The maximum atomic E-state index is 5.36. The average molecular weight is 220 g/mol. The monoisotopic (exact) mass is 220 g/mol. The second kappa shape index (κ2) is 15.3. The van der Waals surface area contributed by atoms with Crippen LogP contribution in [0.25, 0.3) is 0 Å². The summed E-state index contributed by atoms with van der Waals surface area (Å²) in [6, 6.07) is 0. The fraction of sp³-hybridized carbons (Fsp3) is 0.846. The van der Waals surface area contributed by atoms with Crippen molar-refractivity contribution in [1.82, 2.24) is 0 Å². The van der Waals surface area contributed by atoms with Crippen LogP contribution in [0.4, 0.5) is 0 Å². The number of allylic oxidation sites excluding steroid dienone is 1. The van der Waals surface area contributed by atoms with Gasteiger partial charge in [0.15, 0.2) is 0 Å². The molecule has 0 bridgehead atoms. The van der Waals surface area contributed by atoms with E-state index in [0.717, 1.165) is 26.1 Å². The molecule has 2 nitrogen and oxygen atoms in total. The number of hydrogen-bond donors (Lipinski definition) is 0. The first-order valence-corrected chi connectivity index (χ1v) is 6.72. The minimum absolute atomic E-state index is 0.452. The Balaban J connectivity index is 2.93. The zero-order valence-electron chi connectivity index (χ0n) is 11.0. The quantitative estimate of drug-likeness (QED) is 0.217. The van der Waals surface area contributed by atoms with Crippen molar-refractivity contribution in [1.29, 1.82) is 0 Å². The summed E-state index contributed by atoms with van der Waals surface area (Å²) < 4.78 is 10.7. The minimum Gasteiger partial charge on any atom is -0.0654 e.